The number of nitrogens with zero attached hydrogens (tertiary/aromatic N) is 4. The van der Waals surface area contributed by atoms with Crippen molar-refractivity contribution in [1.29, 1.82) is 0 Å². The number of rotatable bonds is 5. The van der Waals surface area contributed by atoms with Crippen molar-refractivity contribution in [3.05, 3.63) is 53.9 Å². The number of carbonyl (C=O) groups excluding carboxylic acids is 2. The van der Waals surface area contributed by atoms with Gasteiger partial charge < -0.3 is 25.2 Å². The molecule has 1 atom stereocenters. The van der Waals surface area contributed by atoms with E-state index in [0.29, 0.717) is 34.7 Å². The lowest BCUT2D eigenvalue weighted by Gasteiger charge is -2.40. The first-order valence-corrected chi connectivity index (χ1v) is 10.6. The number of nitrogens with two attached hydrogens (primary N) is 1. The Morgan fingerprint density at radius 3 is 2.47 bits per heavy atom. The van der Waals surface area contributed by atoms with Crippen LogP contribution in [0.4, 0.5) is 14.5 Å². The van der Waals surface area contributed by atoms with Crippen molar-refractivity contribution in [3.63, 3.8) is 0 Å². The van der Waals surface area contributed by atoms with Crippen LogP contribution in [-0.4, -0.2) is 64.6 Å². The Hall–Kier alpha value is -3.86. The fraction of sp³-hybridized carbons (Fsp3) is 0.304. The minimum absolute atomic E-state index is 0.0390. The van der Waals surface area contributed by atoms with Gasteiger partial charge in [0, 0.05) is 42.9 Å². The summed E-state index contributed by atoms with van der Waals surface area (Å²) in [7, 11) is 1.60. The first kappa shape index (κ1) is 22.0. The zero-order chi connectivity index (χ0) is 24.3. The first-order chi connectivity index (χ1) is 16.1. The van der Waals surface area contributed by atoms with Crippen LogP contribution in [0.2, 0.25) is 0 Å². The third-order valence-electron chi connectivity index (χ3n) is 6.15. The number of primary amides is 1. The van der Waals surface area contributed by atoms with E-state index in [-0.39, 0.29) is 17.9 Å². The van der Waals surface area contributed by atoms with Gasteiger partial charge in [-0.1, -0.05) is 23.4 Å². The molecule has 3 aromatic rings. The van der Waals surface area contributed by atoms with Crippen molar-refractivity contribution < 1.29 is 28.0 Å². The Kier molecular flexibility index (Phi) is 4.90. The molecule has 176 valence electrons. The second kappa shape index (κ2) is 7.59. The van der Waals surface area contributed by atoms with Gasteiger partial charge in [0.1, 0.15) is 11.4 Å². The molecule has 2 saturated heterocycles. The van der Waals surface area contributed by atoms with Gasteiger partial charge in [-0.05, 0) is 18.2 Å². The molecule has 4 heterocycles. The molecular formula is C23H21F2N5O4. The van der Waals surface area contributed by atoms with Crippen molar-refractivity contribution in [1.82, 2.24) is 15.0 Å². The number of pyridine rings is 1. The molecular weight excluding hydrogens is 448 g/mol. The topological polar surface area (TPSA) is 126 Å². The highest BCUT2D eigenvalue weighted by Gasteiger charge is 2.48. The van der Waals surface area contributed by atoms with Gasteiger partial charge in [0.2, 0.25) is 5.60 Å². The maximum Gasteiger partial charge on any atom is 0.282 e. The molecule has 0 aliphatic carbocycles. The summed E-state index contributed by atoms with van der Waals surface area (Å²) >= 11 is 0. The van der Waals surface area contributed by atoms with E-state index in [2.05, 4.69) is 10.1 Å². The van der Waals surface area contributed by atoms with E-state index in [9.17, 15) is 23.5 Å². The molecule has 1 aromatic carbocycles. The summed E-state index contributed by atoms with van der Waals surface area (Å²) in [6, 6.07) is 11.5. The van der Waals surface area contributed by atoms with Crippen LogP contribution in [0, 0.1) is 0 Å². The highest BCUT2D eigenvalue weighted by atomic mass is 19.3. The molecule has 0 bridgehead atoms. The third kappa shape index (κ3) is 3.67. The van der Waals surface area contributed by atoms with Gasteiger partial charge in [-0.2, -0.15) is 0 Å². The van der Waals surface area contributed by atoms with Crippen molar-refractivity contribution in [3.8, 4) is 22.5 Å². The number of aromatic nitrogens is 2. The average Bonchev–Trinajstić information content (AvgIpc) is 3.40. The van der Waals surface area contributed by atoms with E-state index in [4.69, 9.17) is 10.3 Å². The molecule has 2 fully saturated rings. The van der Waals surface area contributed by atoms with Crippen LogP contribution in [-0.2, 0) is 10.4 Å². The van der Waals surface area contributed by atoms with Crippen LogP contribution in [0.1, 0.15) is 22.7 Å². The highest BCUT2D eigenvalue weighted by molar-refractivity contribution is 5.93. The van der Waals surface area contributed by atoms with Gasteiger partial charge in [-0.25, -0.2) is 13.8 Å². The number of hydrogen-bond donors (Lipinski definition) is 2. The molecule has 2 aliphatic heterocycles. The molecule has 34 heavy (non-hydrogen) atoms. The molecule has 2 amide bonds. The van der Waals surface area contributed by atoms with Crippen LogP contribution in [0.25, 0.3) is 22.5 Å². The number of likely N-dealkylation sites (N-methyl/N-ethyl adjacent to an activating group) is 1. The Morgan fingerprint density at radius 2 is 1.85 bits per heavy atom. The second-order valence-corrected chi connectivity index (χ2v) is 8.67. The number of alkyl halides is 2. The van der Waals surface area contributed by atoms with Crippen LogP contribution < -0.4 is 10.6 Å². The second-order valence-electron chi connectivity index (χ2n) is 8.67. The van der Waals surface area contributed by atoms with Crippen molar-refractivity contribution in [2.45, 2.75) is 17.9 Å². The predicted molar refractivity (Wildman–Crippen MR) is 117 cm³/mol. The molecule has 0 saturated carbocycles. The van der Waals surface area contributed by atoms with E-state index >= 15 is 0 Å². The van der Waals surface area contributed by atoms with E-state index in [1.54, 1.807) is 37.4 Å². The van der Waals surface area contributed by atoms with E-state index in [0.717, 1.165) is 0 Å². The van der Waals surface area contributed by atoms with Gasteiger partial charge in [0.05, 0.1) is 18.8 Å². The molecule has 9 nitrogen and oxygen atoms in total. The van der Waals surface area contributed by atoms with E-state index in [1.165, 1.54) is 21.9 Å². The summed E-state index contributed by atoms with van der Waals surface area (Å²) in [5, 5.41) is 14.8. The molecule has 2 aliphatic rings. The van der Waals surface area contributed by atoms with Crippen molar-refractivity contribution in [2.75, 3.05) is 31.6 Å². The highest BCUT2D eigenvalue weighted by Crippen LogP contribution is 2.36. The van der Waals surface area contributed by atoms with E-state index in [1.807, 2.05) is 0 Å². The third-order valence-corrected chi connectivity index (χ3v) is 6.15. The summed E-state index contributed by atoms with van der Waals surface area (Å²) < 4.78 is 32.1. The fourth-order valence-electron chi connectivity index (χ4n) is 4.19. The lowest BCUT2D eigenvalue weighted by Crippen LogP contribution is -2.56. The molecule has 5 rings (SSSR count). The fourth-order valence-corrected chi connectivity index (χ4v) is 4.19. The minimum atomic E-state index is -2.78. The summed E-state index contributed by atoms with van der Waals surface area (Å²) in [4.78, 5) is 31.3. The van der Waals surface area contributed by atoms with Gasteiger partial charge in [-0.15, -0.1) is 0 Å². The molecule has 2 aromatic heterocycles. The maximum atomic E-state index is 13.4. The van der Waals surface area contributed by atoms with E-state index < -0.39 is 36.4 Å². The quantitative estimate of drug-likeness (QED) is 0.585. The molecule has 3 N–H and O–H groups in total. The van der Waals surface area contributed by atoms with Crippen LogP contribution in [0.5, 0.6) is 0 Å². The number of halogens is 2. The first-order valence-electron chi connectivity index (χ1n) is 10.6. The predicted octanol–water partition coefficient (Wildman–Crippen LogP) is 2.01. The number of benzene rings is 1. The number of hydrogen-bond acceptors (Lipinski definition) is 7. The van der Waals surface area contributed by atoms with Gasteiger partial charge >= 0.3 is 0 Å². The van der Waals surface area contributed by atoms with Gasteiger partial charge in [-0.3, -0.25) is 9.59 Å². The van der Waals surface area contributed by atoms with Crippen molar-refractivity contribution >= 4 is 17.5 Å². The largest absolute Gasteiger partial charge is 0.373 e. The lowest BCUT2D eigenvalue weighted by molar-refractivity contribution is -0.144. The van der Waals surface area contributed by atoms with Crippen LogP contribution in [0.15, 0.2) is 47.0 Å². The minimum Gasteiger partial charge on any atom is -0.373 e. The average molecular weight is 469 g/mol. The molecule has 0 radical (unpaired) electrons. The molecule has 11 heteroatoms. The van der Waals surface area contributed by atoms with Crippen molar-refractivity contribution in [2.24, 2.45) is 5.73 Å². The summed E-state index contributed by atoms with van der Waals surface area (Å²) in [5.74, 6) is -3.95. The Balaban J connectivity index is 1.48. The number of likely N-dealkylation sites (tertiary alicyclic amines) is 1. The maximum absolute atomic E-state index is 13.4. The van der Waals surface area contributed by atoms with Crippen LogP contribution in [0.3, 0.4) is 0 Å². The summed E-state index contributed by atoms with van der Waals surface area (Å²) in [6.45, 7) is -0.505. The summed E-state index contributed by atoms with van der Waals surface area (Å²) in [6.07, 6.45) is 0.194. The number of carbonyl (C=O) groups is 2. The number of aliphatic hydroxyl groups is 1. The smallest absolute Gasteiger partial charge is 0.282 e. The SMILES string of the molecule is CN1CCC(O)(c2cc(-c3cccc(-c4cc(N5CC(F)(F)C5)cc(C(N)=O)n4)c3)no2)C1=O. The normalized spacial score (nSPS) is 21.6. The zero-order valence-corrected chi connectivity index (χ0v) is 18.2. The van der Waals surface area contributed by atoms with Gasteiger partial charge in [0.15, 0.2) is 5.76 Å². The Bertz CT molecular complexity index is 1300. The Morgan fingerprint density at radius 1 is 1.15 bits per heavy atom. The van der Waals surface area contributed by atoms with Crippen LogP contribution >= 0.6 is 0 Å². The zero-order valence-electron chi connectivity index (χ0n) is 18.2. The lowest BCUT2D eigenvalue weighted by atomic mass is 9.97. The molecule has 0 spiro atoms. The number of anilines is 1. The number of amides is 2. The van der Waals surface area contributed by atoms with Gasteiger partial charge in [0.25, 0.3) is 17.7 Å². The summed E-state index contributed by atoms with van der Waals surface area (Å²) in [5.41, 5.74) is 6.00. The monoisotopic (exact) mass is 469 g/mol. The Labute approximate surface area is 192 Å². The standard InChI is InChI=1S/C23H21F2N5O4/c1-29-6-5-23(33,21(29)32)19-10-17(28-34-19)14-4-2-3-13(7-14)16-8-15(9-18(27-16)20(26)31)30-11-22(24,25)12-30/h2-4,7-10,33H,5-6,11-12H2,1H3,(H2,26,31). The molecule has 1 unspecified atom stereocenters.